The molecule has 3 nitrogen and oxygen atoms in total. The van der Waals surface area contributed by atoms with E-state index >= 15 is 0 Å². The Hall–Kier alpha value is -3.12. The fourth-order valence-corrected chi connectivity index (χ4v) is 3.55. The van der Waals surface area contributed by atoms with Crippen LogP contribution >= 0.6 is 0 Å². The van der Waals surface area contributed by atoms with E-state index in [0.717, 1.165) is 25.7 Å². The van der Waals surface area contributed by atoms with Crippen LogP contribution in [0.1, 0.15) is 79.0 Å². The van der Waals surface area contributed by atoms with Crippen molar-refractivity contribution in [3.05, 3.63) is 69.3 Å². The van der Waals surface area contributed by atoms with Crippen molar-refractivity contribution >= 4 is 11.8 Å². The second kappa shape index (κ2) is 12.9. The molecule has 0 fully saturated rings. The standard InChI is InChI=1S/C24H21F10NO2/c1-2-3-4-5-6-7-8-9-10-35(23(36)11-13(25)17(29)21(33)18(30)14(11)26)24(37)12-15(27)19(31)22(34)20(32)16(12)28/h2-10H2,1H3. The van der Waals surface area contributed by atoms with Crippen molar-refractivity contribution in [2.75, 3.05) is 6.54 Å². The van der Waals surface area contributed by atoms with Crippen molar-refractivity contribution in [2.45, 2.75) is 58.3 Å². The number of amides is 2. The van der Waals surface area contributed by atoms with Crippen molar-refractivity contribution in [3.63, 3.8) is 0 Å². The fraction of sp³-hybridized carbons (Fsp3) is 0.417. The van der Waals surface area contributed by atoms with Crippen LogP contribution in [-0.4, -0.2) is 23.3 Å². The molecule has 2 aromatic rings. The predicted molar refractivity (Wildman–Crippen MR) is 110 cm³/mol. The van der Waals surface area contributed by atoms with Crippen LogP contribution < -0.4 is 0 Å². The summed E-state index contributed by atoms with van der Waals surface area (Å²) in [5.74, 6) is -30.4. The zero-order valence-electron chi connectivity index (χ0n) is 19.4. The van der Waals surface area contributed by atoms with Crippen LogP contribution in [0, 0.1) is 58.2 Å². The average molecular weight is 545 g/mol. The summed E-state index contributed by atoms with van der Waals surface area (Å²) >= 11 is 0. The van der Waals surface area contributed by atoms with Gasteiger partial charge in [-0.25, -0.2) is 43.9 Å². The summed E-state index contributed by atoms with van der Waals surface area (Å²) in [5.41, 5.74) is -4.26. The lowest BCUT2D eigenvalue weighted by Crippen LogP contribution is -2.40. The van der Waals surface area contributed by atoms with E-state index in [9.17, 15) is 53.5 Å². The summed E-state index contributed by atoms with van der Waals surface area (Å²) < 4.78 is 138. The lowest BCUT2D eigenvalue weighted by molar-refractivity contribution is 0.0598. The van der Waals surface area contributed by atoms with Gasteiger partial charge in [0.1, 0.15) is 11.1 Å². The third-order valence-corrected chi connectivity index (χ3v) is 5.57. The first kappa shape index (κ1) is 30.1. The fourth-order valence-electron chi connectivity index (χ4n) is 3.55. The van der Waals surface area contributed by atoms with Crippen molar-refractivity contribution in [1.82, 2.24) is 4.90 Å². The Morgan fingerprint density at radius 2 is 0.730 bits per heavy atom. The predicted octanol–water partition coefficient (Wildman–Crippen LogP) is 7.50. The maximum Gasteiger partial charge on any atom is 0.266 e. The highest BCUT2D eigenvalue weighted by atomic mass is 19.2. The van der Waals surface area contributed by atoms with Crippen LogP contribution in [0.25, 0.3) is 0 Å². The van der Waals surface area contributed by atoms with Gasteiger partial charge in [0.05, 0.1) is 0 Å². The largest absolute Gasteiger partial charge is 0.274 e. The third kappa shape index (κ3) is 6.24. The van der Waals surface area contributed by atoms with Crippen LogP contribution in [0.2, 0.25) is 0 Å². The van der Waals surface area contributed by atoms with Crippen molar-refractivity contribution in [1.29, 1.82) is 0 Å². The molecule has 0 aromatic heterocycles. The summed E-state index contributed by atoms with van der Waals surface area (Å²) in [4.78, 5) is 25.2. The second-order valence-electron chi connectivity index (χ2n) is 8.13. The van der Waals surface area contributed by atoms with Gasteiger partial charge in [0.15, 0.2) is 46.5 Å². The zero-order valence-corrected chi connectivity index (χ0v) is 19.4. The number of rotatable bonds is 11. The molecule has 2 aromatic carbocycles. The number of carbonyl (C=O) groups is 2. The van der Waals surface area contributed by atoms with Gasteiger partial charge in [-0.1, -0.05) is 51.9 Å². The SMILES string of the molecule is CCCCCCCCCCN(C(=O)c1c(F)c(F)c(F)c(F)c1F)C(=O)c1c(F)c(F)c(F)c(F)c1F. The summed E-state index contributed by atoms with van der Waals surface area (Å²) in [6.07, 6.45) is 5.04. The first-order valence-corrected chi connectivity index (χ1v) is 11.3. The molecule has 37 heavy (non-hydrogen) atoms. The number of carbonyl (C=O) groups excluding carboxylic acids is 2. The molecule has 2 rings (SSSR count). The number of nitrogens with zero attached hydrogens (tertiary/aromatic N) is 1. The van der Waals surface area contributed by atoms with Crippen LogP contribution in [0.15, 0.2) is 0 Å². The van der Waals surface area contributed by atoms with Crippen molar-refractivity contribution < 1.29 is 53.5 Å². The van der Waals surface area contributed by atoms with Gasteiger partial charge >= 0.3 is 0 Å². The molecule has 0 radical (unpaired) electrons. The summed E-state index contributed by atoms with van der Waals surface area (Å²) in [7, 11) is 0. The molecule has 0 spiro atoms. The summed E-state index contributed by atoms with van der Waals surface area (Å²) in [6, 6.07) is 0. The number of hydrogen-bond donors (Lipinski definition) is 0. The molecule has 0 aliphatic heterocycles. The van der Waals surface area contributed by atoms with Gasteiger partial charge in [0.25, 0.3) is 11.8 Å². The van der Waals surface area contributed by atoms with Crippen LogP contribution in [0.5, 0.6) is 0 Å². The molecule has 0 saturated carbocycles. The highest BCUT2D eigenvalue weighted by Gasteiger charge is 2.38. The van der Waals surface area contributed by atoms with E-state index in [2.05, 4.69) is 0 Å². The molecule has 2 amide bonds. The van der Waals surface area contributed by atoms with Crippen molar-refractivity contribution in [2.24, 2.45) is 0 Å². The van der Waals surface area contributed by atoms with Gasteiger partial charge < -0.3 is 0 Å². The third-order valence-electron chi connectivity index (χ3n) is 5.57. The first-order valence-electron chi connectivity index (χ1n) is 11.3. The summed E-state index contributed by atoms with van der Waals surface area (Å²) in [6.45, 7) is 1.11. The number of unbranched alkanes of at least 4 members (excludes halogenated alkanes) is 7. The van der Waals surface area contributed by atoms with E-state index in [0.29, 0.717) is 12.8 Å². The Labute approximate surface area is 205 Å². The number of imide groups is 1. The van der Waals surface area contributed by atoms with E-state index in [1.807, 2.05) is 6.92 Å². The summed E-state index contributed by atoms with van der Waals surface area (Å²) in [5, 5.41) is 0. The maximum absolute atomic E-state index is 14.2. The monoisotopic (exact) mass is 545 g/mol. The molecule has 0 atom stereocenters. The molecule has 0 aliphatic carbocycles. The maximum atomic E-state index is 14.2. The highest BCUT2D eigenvalue weighted by Crippen LogP contribution is 2.28. The normalized spacial score (nSPS) is 11.2. The van der Waals surface area contributed by atoms with Gasteiger partial charge in [0, 0.05) is 6.54 Å². The number of benzene rings is 2. The number of hydrogen-bond acceptors (Lipinski definition) is 2. The van der Waals surface area contributed by atoms with Gasteiger partial charge in [0.2, 0.25) is 11.6 Å². The minimum absolute atomic E-state index is 0.171. The first-order chi connectivity index (χ1) is 17.4. The zero-order chi connectivity index (χ0) is 28.0. The van der Waals surface area contributed by atoms with Gasteiger partial charge in [-0.05, 0) is 6.42 Å². The molecule has 0 heterocycles. The topological polar surface area (TPSA) is 37.4 Å². The molecular formula is C24H21F10NO2. The lowest BCUT2D eigenvalue weighted by Gasteiger charge is -2.22. The van der Waals surface area contributed by atoms with E-state index < -0.39 is 87.7 Å². The van der Waals surface area contributed by atoms with Crippen LogP contribution in [0.4, 0.5) is 43.9 Å². The molecule has 204 valence electrons. The number of halogens is 10. The Bertz CT molecular complexity index is 1050. The van der Waals surface area contributed by atoms with E-state index in [4.69, 9.17) is 0 Å². The van der Waals surface area contributed by atoms with E-state index in [1.165, 1.54) is 0 Å². The average Bonchev–Trinajstić information content (AvgIpc) is 2.87. The van der Waals surface area contributed by atoms with Crippen molar-refractivity contribution in [3.8, 4) is 0 Å². The van der Waals surface area contributed by atoms with E-state index in [-0.39, 0.29) is 17.7 Å². The Morgan fingerprint density at radius 1 is 0.459 bits per heavy atom. The van der Waals surface area contributed by atoms with Crippen LogP contribution in [0.3, 0.4) is 0 Å². The lowest BCUT2D eigenvalue weighted by atomic mass is 10.1. The quantitative estimate of drug-likeness (QED) is 0.0964. The van der Waals surface area contributed by atoms with E-state index in [1.54, 1.807) is 0 Å². The smallest absolute Gasteiger partial charge is 0.266 e. The Kier molecular flexibility index (Phi) is 10.5. The van der Waals surface area contributed by atoms with Gasteiger partial charge in [-0.2, -0.15) is 0 Å². The molecule has 0 unspecified atom stereocenters. The molecule has 13 heteroatoms. The molecular weight excluding hydrogens is 524 g/mol. The highest BCUT2D eigenvalue weighted by molar-refractivity contribution is 6.10. The second-order valence-corrected chi connectivity index (χ2v) is 8.13. The minimum atomic E-state index is -2.63. The molecule has 0 saturated heterocycles. The Balaban J connectivity index is 2.47. The van der Waals surface area contributed by atoms with Crippen LogP contribution in [-0.2, 0) is 0 Å². The van der Waals surface area contributed by atoms with Gasteiger partial charge in [-0.3, -0.25) is 14.5 Å². The molecule has 0 N–H and O–H groups in total. The Morgan fingerprint density at radius 3 is 1.05 bits per heavy atom. The molecule has 0 aliphatic rings. The minimum Gasteiger partial charge on any atom is -0.274 e. The molecule has 0 bridgehead atoms. The van der Waals surface area contributed by atoms with Gasteiger partial charge in [-0.15, -0.1) is 0 Å².